The molecule has 118 valence electrons. The van der Waals surface area contributed by atoms with Crippen molar-refractivity contribution in [2.75, 3.05) is 18.9 Å². The monoisotopic (exact) mass is 365 g/mol. The van der Waals surface area contributed by atoms with Crippen molar-refractivity contribution in [3.05, 3.63) is 49.8 Å². The van der Waals surface area contributed by atoms with Crippen LogP contribution in [0.25, 0.3) is 0 Å². The number of fused-ring (bicyclic) bond motifs is 1. The quantitative estimate of drug-likeness (QED) is 0.868. The number of nitriles is 1. The van der Waals surface area contributed by atoms with Crippen molar-refractivity contribution >= 4 is 45.4 Å². The molecule has 0 spiro atoms. The second-order valence-electron chi connectivity index (χ2n) is 5.39. The van der Waals surface area contributed by atoms with Crippen LogP contribution in [0.1, 0.15) is 26.4 Å². The standard InChI is InChI=1S/C16H13Cl2N3OS/c1-21-5-4-10-12(7-19)16(23-14(10)8-21)20-15(22)11-3-2-9(17)6-13(11)18/h2-3,6H,4-5,8H2,1H3,(H,20,22). The summed E-state index contributed by atoms with van der Waals surface area (Å²) < 4.78 is 0. The fraction of sp³-hybridized carbons (Fsp3) is 0.250. The highest BCUT2D eigenvalue weighted by Gasteiger charge is 2.24. The van der Waals surface area contributed by atoms with Gasteiger partial charge in [0.1, 0.15) is 11.1 Å². The topological polar surface area (TPSA) is 56.1 Å². The number of carbonyl (C=O) groups excluding carboxylic acids is 1. The van der Waals surface area contributed by atoms with E-state index in [1.54, 1.807) is 12.1 Å². The van der Waals surface area contributed by atoms with Gasteiger partial charge in [0.05, 0.1) is 16.1 Å². The molecule has 1 amide bonds. The van der Waals surface area contributed by atoms with Crippen LogP contribution in [0, 0.1) is 11.3 Å². The smallest absolute Gasteiger partial charge is 0.257 e. The van der Waals surface area contributed by atoms with Gasteiger partial charge in [-0.15, -0.1) is 11.3 Å². The maximum absolute atomic E-state index is 12.4. The van der Waals surface area contributed by atoms with Crippen LogP contribution in [0.5, 0.6) is 0 Å². The lowest BCUT2D eigenvalue weighted by Gasteiger charge is -2.21. The summed E-state index contributed by atoms with van der Waals surface area (Å²) in [5.74, 6) is -0.338. The highest BCUT2D eigenvalue weighted by atomic mass is 35.5. The lowest BCUT2D eigenvalue weighted by molar-refractivity contribution is 0.102. The summed E-state index contributed by atoms with van der Waals surface area (Å²) in [5.41, 5.74) is 1.95. The lowest BCUT2D eigenvalue weighted by Crippen LogP contribution is -2.25. The van der Waals surface area contributed by atoms with E-state index >= 15 is 0 Å². The third-order valence-corrected chi connectivity index (χ3v) is 5.44. The Balaban J connectivity index is 1.91. The number of rotatable bonds is 2. The molecule has 0 saturated heterocycles. The van der Waals surface area contributed by atoms with Gasteiger partial charge < -0.3 is 10.2 Å². The van der Waals surface area contributed by atoms with Gasteiger partial charge in [0.15, 0.2) is 0 Å². The molecule has 2 heterocycles. The number of nitrogens with one attached hydrogen (secondary N) is 1. The number of likely N-dealkylation sites (N-methyl/N-ethyl adjacent to an activating group) is 1. The van der Waals surface area contributed by atoms with Gasteiger partial charge in [-0.2, -0.15) is 5.26 Å². The molecule has 0 bridgehead atoms. The zero-order chi connectivity index (χ0) is 16.6. The molecular weight excluding hydrogens is 353 g/mol. The molecule has 0 unspecified atom stereocenters. The van der Waals surface area contributed by atoms with Crippen molar-refractivity contribution in [3.8, 4) is 6.07 Å². The number of benzene rings is 1. The Morgan fingerprint density at radius 2 is 2.22 bits per heavy atom. The first-order valence-corrected chi connectivity index (χ1v) is 8.56. The van der Waals surface area contributed by atoms with Gasteiger partial charge in [0.2, 0.25) is 0 Å². The molecule has 1 aliphatic heterocycles. The summed E-state index contributed by atoms with van der Waals surface area (Å²) >= 11 is 13.4. The van der Waals surface area contributed by atoms with Crippen molar-refractivity contribution in [1.82, 2.24) is 4.90 Å². The van der Waals surface area contributed by atoms with Gasteiger partial charge >= 0.3 is 0 Å². The largest absolute Gasteiger partial charge is 0.312 e. The first-order valence-electron chi connectivity index (χ1n) is 6.99. The number of amides is 1. The molecule has 3 rings (SSSR count). The van der Waals surface area contributed by atoms with Crippen LogP contribution in [0.4, 0.5) is 5.00 Å². The van der Waals surface area contributed by atoms with Gasteiger partial charge in [-0.05, 0) is 37.2 Å². The highest BCUT2D eigenvalue weighted by molar-refractivity contribution is 7.16. The summed E-state index contributed by atoms with van der Waals surface area (Å²) in [7, 11) is 2.04. The number of carbonyl (C=O) groups is 1. The minimum absolute atomic E-state index is 0.287. The van der Waals surface area contributed by atoms with E-state index in [0.29, 0.717) is 21.2 Å². The minimum Gasteiger partial charge on any atom is -0.312 e. The van der Waals surface area contributed by atoms with Crippen molar-refractivity contribution in [2.45, 2.75) is 13.0 Å². The second-order valence-corrected chi connectivity index (χ2v) is 7.33. The lowest BCUT2D eigenvalue weighted by atomic mass is 10.0. The highest BCUT2D eigenvalue weighted by Crippen LogP contribution is 2.36. The predicted octanol–water partition coefficient (Wildman–Crippen LogP) is 4.17. The molecule has 1 aromatic carbocycles. The molecule has 1 aromatic heterocycles. The van der Waals surface area contributed by atoms with Gasteiger partial charge in [-0.25, -0.2) is 0 Å². The van der Waals surface area contributed by atoms with Crippen LogP contribution in [-0.4, -0.2) is 24.4 Å². The molecule has 0 fully saturated rings. The zero-order valence-electron chi connectivity index (χ0n) is 12.3. The predicted molar refractivity (Wildman–Crippen MR) is 93.5 cm³/mol. The van der Waals surface area contributed by atoms with E-state index in [-0.39, 0.29) is 10.9 Å². The molecule has 4 nitrogen and oxygen atoms in total. The number of thiophene rings is 1. The Morgan fingerprint density at radius 3 is 2.91 bits per heavy atom. The molecular formula is C16H13Cl2N3OS. The van der Waals surface area contributed by atoms with Crippen molar-refractivity contribution in [2.24, 2.45) is 0 Å². The summed E-state index contributed by atoms with van der Waals surface area (Å²) in [6.07, 6.45) is 0.822. The van der Waals surface area contributed by atoms with E-state index in [9.17, 15) is 10.1 Å². The van der Waals surface area contributed by atoms with Gasteiger partial charge in [0.25, 0.3) is 5.91 Å². The van der Waals surface area contributed by atoms with Crippen LogP contribution < -0.4 is 5.32 Å². The minimum atomic E-state index is -0.338. The van der Waals surface area contributed by atoms with E-state index in [1.165, 1.54) is 17.4 Å². The Kier molecular flexibility index (Phi) is 4.60. The number of hydrogen-bond acceptors (Lipinski definition) is 4. The fourth-order valence-corrected chi connectivity index (χ4v) is 4.35. The van der Waals surface area contributed by atoms with E-state index in [1.807, 2.05) is 7.05 Å². The first-order chi connectivity index (χ1) is 11.0. The summed E-state index contributed by atoms with van der Waals surface area (Å²) in [4.78, 5) is 15.8. The molecule has 0 atom stereocenters. The maximum atomic E-state index is 12.4. The van der Waals surface area contributed by atoms with Crippen molar-refractivity contribution in [1.29, 1.82) is 5.26 Å². The summed E-state index contributed by atoms with van der Waals surface area (Å²) in [5, 5.41) is 13.6. The fourth-order valence-electron chi connectivity index (χ4n) is 2.58. The molecule has 2 aromatic rings. The summed E-state index contributed by atoms with van der Waals surface area (Å²) in [6.45, 7) is 1.71. The molecule has 0 saturated carbocycles. The summed E-state index contributed by atoms with van der Waals surface area (Å²) in [6, 6.07) is 6.94. The Hall–Kier alpha value is -1.58. The number of anilines is 1. The molecule has 23 heavy (non-hydrogen) atoms. The average Bonchev–Trinajstić information content (AvgIpc) is 2.82. The molecule has 1 N–H and O–H groups in total. The van der Waals surface area contributed by atoms with Crippen LogP contribution in [0.2, 0.25) is 10.0 Å². The Labute approximate surface area is 148 Å². The van der Waals surface area contributed by atoms with Gasteiger partial charge in [0, 0.05) is 23.0 Å². The first kappa shape index (κ1) is 16.3. The van der Waals surface area contributed by atoms with Crippen LogP contribution >= 0.6 is 34.5 Å². The Bertz CT molecular complexity index is 825. The zero-order valence-corrected chi connectivity index (χ0v) is 14.6. The number of hydrogen-bond donors (Lipinski definition) is 1. The van der Waals surface area contributed by atoms with Gasteiger partial charge in [-0.1, -0.05) is 23.2 Å². The van der Waals surface area contributed by atoms with E-state index in [4.69, 9.17) is 23.2 Å². The second kappa shape index (κ2) is 6.50. The number of nitrogens with zero attached hydrogens (tertiary/aromatic N) is 2. The third kappa shape index (κ3) is 3.22. The maximum Gasteiger partial charge on any atom is 0.257 e. The molecule has 1 aliphatic rings. The van der Waals surface area contributed by atoms with Crippen LogP contribution in [0.15, 0.2) is 18.2 Å². The molecule has 7 heteroatoms. The van der Waals surface area contributed by atoms with Crippen LogP contribution in [-0.2, 0) is 13.0 Å². The van der Waals surface area contributed by atoms with Crippen molar-refractivity contribution in [3.63, 3.8) is 0 Å². The average molecular weight is 366 g/mol. The van der Waals surface area contributed by atoms with E-state index < -0.39 is 0 Å². The van der Waals surface area contributed by atoms with Crippen molar-refractivity contribution < 1.29 is 4.79 Å². The number of halogens is 2. The van der Waals surface area contributed by atoms with Gasteiger partial charge in [-0.3, -0.25) is 4.79 Å². The van der Waals surface area contributed by atoms with Crippen LogP contribution in [0.3, 0.4) is 0 Å². The normalized spacial score (nSPS) is 14.2. The molecule has 0 aliphatic carbocycles. The Morgan fingerprint density at radius 1 is 1.43 bits per heavy atom. The third-order valence-electron chi connectivity index (χ3n) is 3.76. The SMILES string of the molecule is CN1CCc2c(sc(NC(=O)c3ccc(Cl)cc3Cl)c2C#N)C1. The van der Waals surface area contributed by atoms with E-state index in [0.717, 1.165) is 30.0 Å². The van der Waals surface area contributed by atoms with E-state index in [2.05, 4.69) is 16.3 Å². The molecule has 0 radical (unpaired) electrons.